The molecule has 0 fully saturated rings. The SMILES string of the molecule is CC1(C)c2ccccc2-c2cc(N(c3cccc(-c4ccc5c(c4)c4ccccc4n5-c4ccccc4)c3)c3ccc4c(c3)-c3ccccc3C4(C)C)ccc21.PPP(P(P)P)P(P(P(P)P)P(P)P)P(P(P(P)P)P(P)P)P(P(P(P(P)P)P(P)P)P(P(P)P)P(P)P)P(P(P(P(P)P)P(P)P)P(P(P)P)P(P)P)P(P(P(P)P)P(P)P)P(P(P)P)P(P)P. The second-order valence-electron chi connectivity index (χ2n) is 27.5. The molecule has 71 heteroatoms. The molecule has 40 unspecified atom stereocenters. The monoisotopic (exact) mass is 2930 g/mol. The van der Waals surface area contributed by atoms with Crippen LogP contribution in [0.1, 0.15) is 49.9 Å². The van der Waals surface area contributed by atoms with Crippen LogP contribution < -0.4 is 4.90 Å². The molecule has 2 aliphatic carbocycles. The number of hydrogen-bond acceptors (Lipinski definition) is 1. The molecule has 0 radical (unpaired) electrons. The molecule has 2 nitrogen and oxygen atoms in total. The van der Waals surface area contributed by atoms with Crippen LogP contribution in [0.4, 0.5) is 17.1 Å². The summed E-state index contributed by atoms with van der Waals surface area (Å²) in [5.74, 6) is 0. The second kappa shape index (κ2) is 61.9. The van der Waals surface area contributed by atoms with Crippen molar-refractivity contribution in [2.75, 3.05) is 4.90 Å². The highest BCUT2D eigenvalue weighted by Crippen LogP contribution is 3.50. The normalized spacial score (nSPS) is 15.5. The highest BCUT2D eigenvalue weighted by molar-refractivity contribution is 9.56. The number of fused-ring (bicyclic) bond motifs is 9. The minimum Gasteiger partial charge on any atom is -0.310 e. The maximum atomic E-state index is 3.67. The standard InChI is InChI=1S/C54H42N2.H71P69/c1-53(2)47-22-11-8-19-41(47)44-33-39(26-28-49(44)53)55(40-27-29-50-45(34-40)42-20-9-12-23-48(42)54(50,3)4)38-18-14-15-35(31-38)36-25-30-52-46(32-36)43-21-10-13-24-51(43)56(52)37-16-6-5-7-17-37;1-36-54(37(2)3)63(55(38(4)5)39(6)7)67(62(52(32)33)53(34)35)69(66(60(48(24)25)49(26)27)61(50(28)29)51(30)31)68(64(56(40(8)9)41(10)11)57(42(12)13)43(14)15)65(58(44(16)17)45(18)19)59(46(20)21)47(22)23/h5-34H,1-4H3;36H,1-35H2. The molecule has 1 heterocycles. The Kier molecular flexibility index (Phi) is 64.3. The third-order valence-corrected chi connectivity index (χ3v) is 503. The fourth-order valence-electron chi connectivity index (χ4n) is 14.1. The maximum Gasteiger partial charge on any atom is 0.0541 e. The molecule has 1 aromatic heterocycles. The number of para-hydroxylation sites is 2. The first-order chi connectivity index (χ1) is 58.7. The number of rotatable bonds is 38. The van der Waals surface area contributed by atoms with E-state index in [0.717, 1.165) is 25.0 Å². The van der Waals surface area contributed by atoms with Gasteiger partial charge in [-0.3, -0.25) is 0 Å². The van der Waals surface area contributed by atoms with Gasteiger partial charge in [0, 0.05) is 44.4 Å². The van der Waals surface area contributed by atoms with E-state index in [1.807, 2.05) is 0 Å². The van der Waals surface area contributed by atoms with Crippen LogP contribution in [-0.4, -0.2) is 4.57 Å². The molecule has 11 rings (SSSR count). The predicted molar refractivity (Wildman–Crippen MR) is 813 cm³/mol. The van der Waals surface area contributed by atoms with E-state index in [2.05, 4.69) is 532 Å². The number of nitrogens with zero attached hydrogens (tertiary/aromatic N) is 2. The molecular weight excluding hydrogens is 2810 g/mol. The summed E-state index contributed by atoms with van der Waals surface area (Å²) >= 11 is 0. The van der Waals surface area contributed by atoms with Crippen LogP contribution in [0.2, 0.25) is 0 Å². The Morgan fingerprint density at radius 2 is 0.520 bits per heavy atom. The number of hydrogen-bond donors (Lipinski definition) is 0. The van der Waals surface area contributed by atoms with Gasteiger partial charge in [0.05, 0.1) is 11.0 Å². The minimum absolute atomic E-state index is 0.0552. The summed E-state index contributed by atoms with van der Waals surface area (Å²) in [6.45, 7) is 0.353. The molecule has 0 amide bonds. The zero-order chi connectivity index (χ0) is 92.5. The molecule has 8 aromatic carbocycles. The Labute approximate surface area is 869 Å². The first-order valence-corrected chi connectivity index (χ1v) is 161. The van der Waals surface area contributed by atoms with Crippen LogP contribution in [0, 0.1) is 0 Å². The van der Waals surface area contributed by atoms with E-state index in [1.54, 1.807) is 0 Å². The molecule has 125 heavy (non-hydrogen) atoms. The summed E-state index contributed by atoms with van der Waals surface area (Å²) in [4.78, 5) is 2.46. The van der Waals surface area contributed by atoms with Crippen LogP contribution in [0.25, 0.3) is 60.9 Å². The molecule has 0 aliphatic heterocycles. The van der Waals surface area contributed by atoms with E-state index in [0.29, 0.717) is 0 Å². The van der Waals surface area contributed by atoms with Crippen LogP contribution in [-0.2, 0) is 10.8 Å². The van der Waals surface area contributed by atoms with E-state index >= 15 is 0 Å². The number of benzene rings is 8. The fraction of sp³-hybridized carbons (Fsp3) is 0.111. The minimum atomic E-state index is -0.347. The summed E-state index contributed by atoms with van der Waals surface area (Å²) in [7, 11) is 128. The molecule has 0 spiro atoms. The fourth-order valence-corrected chi connectivity index (χ4v) is 1020. The smallest absolute Gasteiger partial charge is 0.0541 e. The van der Waals surface area contributed by atoms with Crippen molar-refractivity contribution in [3.63, 3.8) is 0 Å². The van der Waals surface area contributed by atoms with Crippen molar-refractivity contribution >= 4 is 590 Å². The lowest BCUT2D eigenvalue weighted by Crippen LogP contribution is -2.16. The molecular formula is C54H113N2P69. The number of aromatic nitrogens is 1. The lowest BCUT2D eigenvalue weighted by molar-refractivity contribution is 0.660. The van der Waals surface area contributed by atoms with E-state index in [9.17, 15) is 0 Å². The van der Waals surface area contributed by atoms with Gasteiger partial charge >= 0.3 is 0 Å². The Bertz CT molecular complexity index is 4740. The van der Waals surface area contributed by atoms with E-state index < -0.39 is 0 Å². The van der Waals surface area contributed by atoms with E-state index in [-0.39, 0.29) is 241 Å². The third kappa shape index (κ3) is 32.8. The van der Waals surface area contributed by atoms with Gasteiger partial charge in [-0.15, -0.1) is 312 Å². The Balaban J connectivity index is 0.000000264. The Morgan fingerprint density at radius 3 is 0.872 bits per heavy atom. The molecule has 0 bridgehead atoms. The maximum absolute atomic E-state index is 3.67. The summed E-state index contributed by atoms with van der Waals surface area (Å²) < 4.78 is 2.38. The van der Waals surface area contributed by atoms with Gasteiger partial charge in [0.25, 0.3) is 0 Å². The molecule has 0 saturated carbocycles. The van der Waals surface area contributed by atoms with Crippen molar-refractivity contribution < 1.29 is 0 Å². The van der Waals surface area contributed by atoms with Gasteiger partial charge in [0.1, 0.15) is 0 Å². The highest BCUT2D eigenvalue weighted by atomic mass is 33.6. The predicted octanol–water partition coefficient (Wildman–Crippen LogP) is 54.9. The lowest BCUT2D eigenvalue weighted by Gasteiger charge is -2.61. The van der Waals surface area contributed by atoms with Gasteiger partial charge in [-0.05, 0) is 353 Å². The van der Waals surface area contributed by atoms with Crippen LogP contribution in [0.3, 0.4) is 0 Å². The lowest BCUT2D eigenvalue weighted by atomic mass is 9.82. The topological polar surface area (TPSA) is 8.17 Å². The second-order valence-corrected chi connectivity index (χ2v) is 311. The van der Waals surface area contributed by atoms with E-state index in [4.69, 9.17) is 0 Å². The summed E-state index contributed by atoms with van der Waals surface area (Å²) in [6.07, 6.45) is 0. The van der Waals surface area contributed by atoms with Crippen molar-refractivity contribution in [3.05, 3.63) is 204 Å². The van der Waals surface area contributed by atoms with Gasteiger partial charge in [-0.2, -0.15) is 0 Å². The Hall–Kier alpha value is 23.0. The zero-order valence-corrected chi connectivity index (χ0v) is 139. The first-order valence-electron chi connectivity index (χ1n) is 35.5. The number of anilines is 3. The molecule has 9 aromatic rings. The summed E-state index contributed by atoms with van der Waals surface area (Å²) in [5.41, 5.74) is 20.1. The largest absolute Gasteiger partial charge is 0.310 e. The molecule has 0 N–H and O–H groups in total. The summed E-state index contributed by atoms with van der Waals surface area (Å²) in [5, 5.41) is 2.51. The Morgan fingerprint density at radius 1 is 0.232 bits per heavy atom. The van der Waals surface area contributed by atoms with Crippen molar-refractivity contribution in [3.8, 4) is 39.1 Å². The van der Waals surface area contributed by atoms with Crippen molar-refractivity contribution in [2.24, 2.45) is 0 Å². The molecule has 684 valence electrons. The van der Waals surface area contributed by atoms with Gasteiger partial charge in [0.15, 0.2) is 0 Å². The third-order valence-electron chi connectivity index (χ3n) is 18.8. The van der Waals surface area contributed by atoms with Gasteiger partial charge in [0.2, 0.25) is 0 Å². The van der Waals surface area contributed by atoms with Crippen LogP contribution in [0.15, 0.2) is 182 Å². The van der Waals surface area contributed by atoms with Gasteiger partial charge in [-0.25, -0.2) is 0 Å². The average Bonchev–Trinajstić information content (AvgIpc) is 1.56. The first kappa shape index (κ1) is 130. The van der Waals surface area contributed by atoms with Crippen LogP contribution >= 0.6 is 551 Å². The van der Waals surface area contributed by atoms with Crippen molar-refractivity contribution in [1.29, 1.82) is 0 Å². The average molecular weight is 2930 g/mol. The van der Waals surface area contributed by atoms with E-state index in [1.165, 1.54) is 83.1 Å². The molecule has 2 aliphatic rings. The molecule has 0 saturated heterocycles. The zero-order valence-electron chi connectivity index (χ0n) is 67.7. The van der Waals surface area contributed by atoms with Gasteiger partial charge in [-0.1, -0.05) is 151 Å². The highest BCUT2D eigenvalue weighted by Gasteiger charge is 2.63. The quantitative estimate of drug-likeness (QED) is 0.0350. The van der Waals surface area contributed by atoms with Gasteiger partial charge < -0.3 is 9.47 Å². The van der Waals surface area contributed by atoms with Crippen LogP contribution in [0.5, 0.6) is 0 Å². The van der Waals surface area contributed by atoms with Crippen molar-refractivity contribution in [1.82, 2.24) is 4.57 Å². The molecule has 40 atom stereocenters. The summed E-state index contributed by atoms with van der Waals surface area (Å²) in [6, 6.07) is 67.6. The van der Waals surface area contributed by atoms with Crippen molar-refractivity contribution in [2.45, 2.75) is 38.5 Å².